The number of hydrogen-bond donors (Lipinski definition) is 1. The molecular weight excluding hydrogens is 176 g/mol. The van der Waals surface area contributed by atoms with Crippen molar-refractivity contribution in [3.05, 3.63) is 36.4 Å². The second-order valence-electron chi connectivity index (χ2n) is 3.12. The molecule has 0 saturated carbocycles. The maximum absolute atomic E-state index is 3.77. The monoisotopic (exact) mass is 188 g/mol. The minimum Gasteiger partial charge on any atom is -0.388 e. The molecular formula is C10H12N4. The summed E-state index contributed by atoms with van der Waals surface area (Å²) in [4.78, 5) is 0. The molecule has 0 atom stereocenters. The van der Waals surface area contributed by atoms with Crippen LogP contribution in [0, 0.1) is 6.92 Å². The lowest BCUT2D eigenvalue weighted by molar-refractivity contribution is 1.05. The van der Waals surface area contributed by atoms with E-state index in [1.165, 1.54) is 5.56 Å². The number of aromatic nitrogens is 3. The summed E-state index contributed by atoms with van der Waals surface area (Å²) in [6, 6.07) is 6.17. The molecule has 0 aliphatic heterocycles. The van der Waals surface area contributed by atoms with Gasteiger partial charge in [0.05, 0.1) is 0 Å². The van der Waals surface area contributed by atoms with E-state index >= 15 is 0 Å². The van der Waals surface area contributed by atoms with Crippen LogP contribution in [0.15, 0.2) is 30.9 Å². The van der Waals surface area contributed by atoms with Crippen molar-refractivity contribution in [1.82, 2.24) is 14.8 Å². The molecule has 72 valence electrons. The number of nitrogens with zero attached hydrogens (tertiary/aromatic N) is 3. The van der Waals surface area contributed by atoms with Crippen LogP contribution in [0.5, 0.6) is 0 Å². The average molecular weight is 188 g/mol. The molecule has 4 nitrogen and oxygen atoms in total. The van der Waals surface area contributed by atoms with Crippen molar-refractivity contribution in [3.63, 3.8) is 0 Å². The lowest BCUT2D eigenvalue weighted by Gasteiger charge is -2.07. The van der Waals surface area contributed by atoms with Crippen LogP contribution >= 0.6 is 0 Å². The molecule has 0 unspecified atom stereocenters. The second-order valence-corrected chi connectivity index (χ2v) is 3.12. The van der Waals surface area contributed by atoms with E-state index < -0.39 is 0 Å². The Morgan fingerprint density at radius 2 is 1.93 bits per heavy atom. The molecule has 0 spiro atoms. The predicted molar refractivity (Wildman–Crippen MR) is 55.6 cm³/mol. The zero-order valence-corrected chi connectivity index (χ0v) is 8.23. The largest absolute Gasteiger partial charge is 0.388 e. The summed E-state index contributed by atoms with van der Waals surface area (Å²) in [7, 11) is 1.92. The van der Waals surface area contributed by atoms with Crippen LogP contribution in [-0.4, -0.2) is 21.8 Å². The van der Waals surface area contributed by atoms with Crippen LogP contribution in [0.2, 0.25) is 0 Å². The van der Waals surface area contributed by atoms with Gasteiger partial charge in [-0.25, -0.2) is 0 Å². The standard InChI is InChI=1S/C10H12N4/c1-8-5-9(3-4-10(8)11-2)14-6-12-13-7-14/h3-7,11H,1-2H3. The summed E-state index contributed by atoms with van der Waals surface area (Å²) in [5, 5.41) is 10.7. The van der Waals surface area contributed by atoms with E-state index in [4.69, 9.17) is 0 Å². The van der Waals surface area contributed by atoms with Crippen molar-refractivity contribution in [2.75, 3.05) is 12.4 Å². The van der Waals surface area contributed by atoms with E-state index in [-0.39, 0.29) is 0 Å². The van der Waals surface area contributed by atoms with Crippen molar-refractivity contribution in [1.29, 1.82) is 0 Å². The van der Waals surface area contributed by atoms with Gasteiger partial charge >= 0.3 is 0 Å². The van der Waals surface area contributed by atoms with E-state index in [1.54, 1.807) is 12.7 Å². The van der Waals surface area contributed by atoms with Crippen molar-refractivity contribution >= 4 is 5.69 Å². The third-order valence-electron chi connectivity index (χ3n) is 2.20. The molecule has 0 aliphatic carbocycles. The number of benzene rings is 1. The Morgan fingerprint density at radius 1 is 1.21 bits per heavy atom. The molecule has 1 aromatic carbocycles. The molecule has 4 heteroatoms. The summed E-state index contributed by atoms with van der Waals surface area (Å²) < 4.78 is 1.88. The summed E-state index contributed by atoms with van der Waals surface area (Å²) in [6.07, 6.45) is 3.38. The van der Waals surface area contributed by atoms with Gasteiger partial charge in [-0.1, -0.05) is 0 Å². The highest BCUT2D eigenvalue weighted by Crippen LogP contribution is 2.17. The zero-order chi connectivity index (χ0) is 9.97. The molecule has 0 saturated heterocycles. The van der Waals surface area contributed by atoms with Crippen LogP contribution in [0.4, 0.5) is 5.69 Å². The van der Waals surface area contributed by atoms with Gasteiger partial charge in [0.1, 0.15) is 12.7 Å². The topological polar surface area (TPSA) is 42.7 Å². The summed E-state index contributed by atoms with van der Waals surface area (Å²) >= 11 is 0. The number of hydrogen-bond acceptors (Lipinski definition) is 3. The smallest absolute Gasteiger partial charge is 0.123 e. The molecule has 2 aromatic rings. The highest BCUT2D eigenvalue weighted by Gasteiger charge is 1.99. The van der Waals surface area contributed by atoms with Crippen molar-refractivity contribution in [2.24, 2.45) is 0 Å². The van der Waals surface area contributed by atoms with Gasteiger partial charge in [-0.2, -0.15) is 0 Å². The summed E-state index contributed by atoms with van der Waals surface area (Å²) in [5.74, 6) is 0. The Morgan fingerprint density at radius 3 is 2.50 bits per heavy atom. The van der Waals surface area contributed by atoms with Gasteiger partial charge in [0.2, 0.25) is 0 Å². The van der Waals surface area contributed by atoms with Gasteiger partial charge in [-0.05, 0) is 30.7 Å². The fraction of sp³-hybridized carbons (Fsp3) is 0.200. The summed E-state index contributed by atoms with van der Waals surface area (Å²) in [5.41, 5.74) is 3.42. The zero-order valence-electron chi connectivity index (χ0n) is 8.23. The van der Waals surface area contributed by atoms with E-state index in [0.717, 1.165) is 11.4 Å². The van der Waals surface area contributed by atoms with Gasteiger partial charge in [0, 0.05) is 18.4 Å². The molecule has 0 fully saturated rings. The normalized spacial score (nSPS) is 10.1. The minimum atomic E-state index is 1.08. The first-order valence-corrected chi connectivity index (χ1v) is 4.44. The number of rotatable bonds is 2. The first-order chi connectivity index (χ1) is 6.81. The third-order valence-corrected chi connectivity index (χ3v) is 2.20. The van der Waals surface area contributed by atoms with Crippen LogP contribution in [0.3, 0.4) is 0 Å². The quantitative estimate of drug-likeness (QED) is 0.778. The van der Waals surface area contributed by atoms with E-state index in [0.29, 0.717) is 0 Å². The van der Waals surface area contributed by atoms with Crippen molar-refractivity contribution in [3.8, 4) is 5.69 Å². The molecule has 0 bridgehead atoms. The Hall–Kier alpha value is -1.84. The van der Waals surface area contributed by atoms with Crippen molar-refractivity contribution < 1.29 is 0 Å². The Kier molecular flexibility index (Phi) is 2.18. The Bertz CT molecular complexity index is 420. The van der Waals surface area contributed by atoms with Gasteiger partial charge < -0.3 is 5.32 Å². The van der Waals surface area contributed by atoms with Crippen LogP contribution in [-0.2, 0) is 0 Å². The predicted octanol–water partition coefficient (Wildman–Crippen LogP) is 1.62. The Labute approximate surface area is 82.6 Å². The van der Waals surface area contributed by atoms with E-state index in [9.17, 15) is 0 Å². The van der Waals surface area contributed by atoms with Crippen LogP contribution in [0.25, 0.3) is 5.69 Å². The van der Waals surface area contributed by atoms with Crippen LogP contribution < -0.4 is 5.32 Å². The molecule has 14 heavy (non-hydrogen) atoms. The first kappa shape index (κ1) is 8.74. The fourth-order valence-electron chi connectivity index (χ4n) is 1.42. The lowest BCUT2D eigenvalue weighted by Crippen LogP contribution is -1.95. The third kappa shape index (κ3) is 1.46. The van der Waals surface area contributed by atoms with E-state index in [2.05, 4.69) is 28.5 Å². The Balaban J connectivity index is 2.43. The first-order valence-electron chi connectivity index (χ1n) is 4.44. The lowest BCUT2D eigenvalue weighted by atomic mass is 10.2. The fourth-order valence-corrected chi connectivity index (χ4v) is 1.42. The highest BCUT2D eigenvalue weighted by atomic mass is 15.2. The summed E-state index contributed by atoms with van der Waals surface area (Å²) in [6.45, 7) is 2.07. The maximum Gasteiger partial charge on any atom is 0.123 e. The van der Waals surface area contributed by atoms with Crippen molar-refractivity contribution in [2.45, 2.75) is 6.92 Å². The number of anilines is 1. The van der Waals surface area contributed by atoms with Gasteiger partial charge in [-0.15, -0.1) is 10.2 Å². The molecule has 1 heterocycles. The van der Waals surface area contributed by atoms with Gasteiger partial charge in [-0.3, -0.25) is 4.57 Å². The molecule has 0 radical (unpaired) electrons. The molecule has 1 aromatic heterocycles. The maximum atomic E-state index is 3.77. The average Bonchev–Trinajstić information content (AvgIpc) is 2.70. The van der Waals surface area contributed by atoms with Gasteiger partial charge in [0.15, 0.2) is 0 Å². The number of aryl methyl sites for hydroxylation is 1. The molecule has 1 N–H and O–H groups in total. The van der Waals surface area contributed by atoms with Gasteiger partial charge in [0.25, 0.3) is 0 Å². The minimum absolute atomic E-state index is 1.08. The number of nitrogens with one attached hydrogen (secondary N) is 1. The molecule has 2 rings (SSSR count). The molecule has 0 aliphatic rings. The molecule has 0 amide bonds. The SMILES string of the molecule is CNc1ccc(-n2cnnc2)cc1C. The van der Waals surface area contributed by atoms with Crippen LogP contribution in [0.1, 0.15) is 5.56 Å². The van der Waals surface area contributed by atoms with E-state index in [1.807, 2.05) is 23.7 Å². The highest BCUT2D eigenvalue weighted by molar-refractivity contribution is 5.54. The second kappa shape index (κ2) is 3.49.